The second-order valence-electron chi connectivity index (χ2n) is 3.20. The van der Waals surface area contributed by atoms with Gasteiger partial charge in [0.05, 0.1) is 18.5 Å². The van der Waals surface area contributed by atoms with E-state index >= 15 is 0 Å². The number of nitrogens with zero attached hydrogens (tertiary/aromatic N) is 1. The average Bonchev–Trinajstić information content (AvgIpc) is 2.09. The van der Waals surface area contributed by atoms with Crippen molar-refractivity contribution in [1.82, 2.24) is 5.48 Å². The van der Waals surface area contributed by atoms with Crippen molar-refractivity contribution in [3.63, 3.8) is 0 Å². The molecule has 0 heterocycles. The Balaban J connectivity index is 2.22. The van der Waals surface area contributed by atoms with Crippen molar-refractivity contribution in [3.05, 3.63) is 23.7 Å². The van der Waals surface area contributed by atoms with E-state index in [1.807, 2.05) is 0 Å². The van der Waals surface area contributed by atoms with Crippen LogP contribution in [0.3, 0.4) is 0 Å². The standard InChI is InChI=1S/C10H15FN2O/c1-8(10(11)6-12-2)13-14-7-9-4-3-5-9/h3-4,6,9,13H,5,7H2,1-2H3/b10-8+,12-6-/t9-/m0/s1. The number of halogens is 1. The zero-order valence-corrected chi connectivity index (χ0v) is 8.46. The molecule has 14 heavy (non-hydrogen) atoms. The van der Waals surface area contributed by atoms with Crippen molar-refractivity contribution in [1.29, 1.82) is 0 Å². The van der Waals surface area contributed by atoms with Gasteiger partial charge in [0.25, 0.3) is 0 Å². The number of hydroxylamine groups is 1. The van der Waals surface area contributed by atoms with Crippen molar-refractivity contribution >= 4 is 6.21 Å². The Morgan fingerprint density at radius 2 is 2.50 bits per heavy atom. The Morgan fingerprint density at radius 3 is 3.00 bits per heavy atom. The molecule has 0 unspecified atom stereocenters. The van der Waals surface area contributed by atoms with Crippen LogP contribution in [0, 0.1) is 5.92 Å². The monoisotopic (exact) mass is 198 g/mol. The number of nitrogens with one attached hydrogen (secondary N) is 1. The van der Waals surface area contributed by atoms with Crippen LogP contribution in [0.4, 0.5) is 4.39 Å². The maximum atomic E-state index is 13.0. The van der Waals surface area contributed by atoms with Crippen molar-refractivity contribution < 1.29 is 9.23 Å². The predicted octanol–water partition coefficient (Wildman–Crippen LogP) is 1.99. The third-order valence-corrected chi connectivity index (χ3v) is 1.97. The maximum Gasteiger partial charge on any atom is 0.161 e. The number of allylic oxidation sites excluding steroid dienone is 3. The summed E-state index contributed by atoms with van der Waals surface area (Å²) < 4.78 is 13.0. The van der Waals surface area contributed by atoms with Gasteiger partial charge in [0, 0.05) is 13.0 Å². The van der Waals surface area contributed by atoms with Gasteiger partial charge in [-0.1, -0.05) is 12.2 Å². The van der Waals surface area contributed by atoms with Crippen molar-refractivity contribution in [2.45, 2.75) is 13.3 Å². The van der Waals surface area contributed by atoms with E-state index in [1.165, 1.54) is 7.05 Å². The SMILES string of the molecule is C/N=C\C(F)=C(\C)NOC[C@H]1C=CC1. The third-order valence-electron chi connectivity index (χ3n) is 1.97. The van der Waals surface area contributed by atoms with Crippen LogP contribution in [0.15, 0.2) is 28.7 Å². The third kappa shape index (κ3) is 3.30. The quantitative estimate of drug-likeness (QED) is 0.416. The van der Waals surface area contributed by atoms with Gasteiger partial charge in [-0.2, -0.15) is 0 Å². The first-order chi connectivity index (χ1) is 6.74. The lowest BCUT2D eigenvalue weighted by Gasteiger charge is -2.17. The Bertz CT molecular complexity index is 271. The molecular formula is C10H15FN2O. The molecule has 1 N–H and O–H groups in total. The Hall–Kier alpha value is -1.16. The fourth-order valence-corrected chi connectivity index (χ4v) is 0.968. The van der Waals surface area contributed by atoms with Gasteiger partial charge in [0.1, 0.15) is 0 Å². The highest BCUT2D eigenvalue weighted by Crippen LogP contribution is 2.16. The van der Waals surface area contributed by atoms with Crippen LogP contribution >= 0.6 is 0 Å². The highest BCUT2D eigenvalue weighted by molar-refractivity contribution is 5.76. The molecule has 4 heteroatoms. The highest BCUT2D eigenvalue weighted by atomic mass is 19.1. The molecule has 1 atom stereocenters. The van der Waals surface area contributed by atoms with Crippen LogP contribution in [0.25, 0.3) is 0 Å². The maximum absolute atomic E-state index is 13.0. The van der Waals surface area contributed by atoms with Crippen molar-refractivity contribution in [2.24, 2.45) is 10.9 Å². The molecule has 3 nitrogen and oxygen atoms in total. The zero-order valence-electron chi connectivity index (χ0n) is 8.46. The van der Waals surface area contributed by atoms with Crippen LogP contribution < -0.4 is 5.48 Å². The van der Waals surface area contributed by atoms with E-state index in [0.29, 0.717) is 18.2 Å². The predicted molar refractivity (Wildman–Crippen MR) is 54.6 cm³/mol. The van der Waals surface area contributed by atoms with E-state index in [0.717, 1.165) is 12.6 Å². The Kier molecular flexibility index (Phi) is 4.32. The molecule has 1 rings (SSSR count). The molecule has 0 radical (unpaired) electrons. The van der Waals surface area contributed by atoms with Gasteiger partial charge in [-0.3, -0.25) is 15.3 Å². The molecule has 0 amide bonds. The summed E-state index contributed by atoms with van der Waals surface area (Å²) in [5.74, 6) is 0.0647. The normalized spacial score (nSPS) is 22.1. The molecule has 1 aliphatic rings. The second kappa shape index (κ2) is 5.54. The van der Waals surface area contributed by atoms with Crippen LogP contribution in [0.5, 0.6) is 0 Å². The smallest absolute Gasteiger partial charge is 0.161 e. The molecule has 0 aromatic carbocycles. The molecule has 0 bridgehead atoms. The van der Waals surface area contributed by atoms with Crippen LogP contribution in [0.1, 0.15) is 13.3 Å². The zero-order chi connectivity index (χ0) is 10.4. The number of hydrogen-bond acceptors (Lipinski definition) is 3. The number of hydrogen-bond donors (Lipinski definition) is 1. The Morgan fingerprint density at radius 1 is 1.79 bits per heavy atom. The topological polar surface area (TPSA) is 33.6 Å². The fourth-order valence-electron chi connectivity index (χ4n) is 0.968. The van der Waals surface area contributed by atoms with E-state index in [-0.39, 0.29) is 0 Å². The minimum Gasteiger partial charge on any atom is -0.293 e. The largest absolute Gasteiger partial charge is 0.293 e. The summed E-state index contributed by atoms with van der Waals surface area (Å²) in [6.45, 7) is 2.18. The van der Waals surface area contributed by atoms with E-state index in [4.69, 9.17) is 4.84 Å². The average molecular weight is 198 g/mol. The molecule has 0 saturated heterocycles. The van der Waals surface area contributed by atoms with Gasteiger partial charge >= 0.3 is 0 Å². The van der Waals surface area contributed by atoms with Gasteiger partial charge < -0.3 is 0 Å². The van der Waals surface area contributed by atoms with Gasteiger partial charge in [0.2, 0.25) is 0 Å². The van der Waals surface area contributed by atoms with Gasteiger partial charge in [-0.05, 0) is 13.3 Å². The summed E-state index contributed by atoms with van der Waals surface area (Å²) in [5, 5.41) is 0. The minimum atomic E-state index is -0.406. The summed E-state index contributed by atoms with van der Waals surface area (Å²) >= 11 is 0. The van der Waals surface area contributed by atoms with E-state index in [1.54, 1.807) is 6.92 Å². The first-order valence-corrected chi connectivity index (χ1v) is 4.57. The van der Waals surface area contributed by atoms with Crippen LogP contribution in [-0.4, -0.2) is 19.9 Å². The summed E-state index contributed by atoms with van der Waals surface area (Å²) in [6, 6.07) is 0. The number of aliphatic imine (C=N–C) groups is 1. The van der Waals surface area contributed by atoms with E-state index in [9.17, 15) is 4.39 Å². The molecule has 78 valence electrons. The summed E-state index contributed by atoms with van der Waals surface area (Å²) in [5.41, 5.74) is 2.89. The number of rotatable bonds is 5. The minimum absolute atomic E-state index is 0.346. The van der Waals surface area contributed by atoms with Gasteiger partial charge in [0.15, 0.2) is 5.83 Å². The van der Waals surface area contributed by atoms with E-state index in [2.05, 4.69) is 22.6 Å². The molecule has 0 saturated carbocycles. The van der Waals surface area contributed by atoms with Crippen molar-refractivity contribution in [3.8, 4) is 0 Å². The van der Waals surface area contributed by atoms with Gasteiger partial charge in [-0.25, -0.2) is 4.39 Å². The molecule has 0 aromatic rings. The lowest BCUT2D eigenvalue weighted by Crippen LogP contribution is -2.20. The van der Waals surface area contributed by atoms with Crippen molar-refractivity contribution in [2.75, 3.05) is 13.7 Å². The summed E-state index contributed by atoms with van der Waals surface area (Å²) in [4.78, 5) is 8.67. The molecular weight excluding hydrogens is 183 g/mol. The fraction of sp³-hybridized carbons (Fsp3) is 0.500. The van der Waals surface area contributed by atoms with E-state index < -0.39 is 5.83 Å². The highest BCUT2D eigenvalue weighted by Gasteiger charge is 2.10. The molecule has 0 spiro atoms. The first-order valence-electron chi connectivity index (χ1n) is 4.57. The molecule has 0 aromatic heterocycles. The first kappa shape index (κ1) is 10.9. The summed E-state index contributed by atoms with van der Waals surface area (Å²) in [7, 11) is 1.52. The van der Waals surface area contributed by atoms with Crippen LogP contribution in [0.2, 0.25) is 0 Å². The molecule has 0 aliphatic heterocycles. The van der Waals surface area contributed by atoms with Gasteiger partial charge in [-0.15, -0.1) is 0 Å². The lowest BCUT2D eigenvalue weighted by molar-refractivity contribution is 0.0421. The second-order valence-corrected chi connectivity index (χ2v) is 3.20. The molecule has 1 aliphatic carbocycles. The summed E-state index contributed by atoms with van der Waals surface area (Å²) in [6.07, 6.45) is 6.35. The lowest BCUT2D eigenvalue weighted by atomic mass is 9.97. The Labute approximate surface area is 83.3 Å². The van der Waals surface area contributed by atoms with Crippen LogP contribution in [-0.2, 0) is 4.84 Å². The molecule has 0 fully saturated rings.